The van der Waals surface area contributed by atoms with Crippen LogP contribution in [0.1, 0.15) is 15.9 Å². The summed E-state index contributed by atoms with van der Waals surface area (Å²) in [7, 11) is 0. The molecule has 14 heavy (non-hydrogen) atoms. The zero-order chi connectivity index (χ0) is 10.0. The van der Waals surface area contributed by atoms with Gasteiger partial charge in [-0.2, -0.15) is 0 Å². The van der Waals surface area contributed by atoms with Gasteiger partial charge in [0.1, 0.15) is 0 Å². The summed E-state index contributed by atoms with van der Waals surface area (Å²) < 4.78 is 0. The first-order valence-corrected chi connectivity index (χ1v) is 3.53. The fraction of sp³-hybridized carbons (Fsp3) is 0.125. The number of rotatable bonds is 2. The molecule has 6 heteroatoms. The first-order chi connectivity index (χ1) is 6.02. The normalized spacial score (nSPS) is 8.93. The van der Waals surface area contributed by atoms with Crippen molar-refractivity contribution in [2.24, 2.45) is 0 Å². The SMILES string of the molecule is Cc1ccc(C([NH-])=O)cc1[N+](=O)[O-].[Rb+]. The molecule has 0 saturated heterocycles. The van der Waals surface area contributed by atoms with Crippen molar-refractivity contribution in [1.29, 1.82) is 0 Å². The maximum atomic E-state index is 10.6. The Morgan fingerprint density at radius 2 is 2.07 bits per heavy atom. The fourth-order valence-corrected chi connectivity index (χ4v) is 0.947. The number of nitrogens with zero attached hydrogens (tertiary/aromatic N) is 1. The van der Waals surface area contributed by atoms with E-state index < -0.39 is 10.8 Å². The van der Waals surface area contributed by atoms with E-state index in [4.69, 9.17) is 5.73 Å². The van der Waals surface area contributed by atoms with Gasteiger partial charge in [0, 0.05) is 17.2 Å². The van der Waals surface area contributed by atoms with Crippen molar-refractivity contribution in [2.75, 3.05) is 0 Å². The Hall–Kier alpha value is -0.105. The number of nitro benzene ring substituents is 1. The second kappa shape index (κ2) is 5.70. The standard InChI is InChI=1S/C8H8N2O3.Rb/c1-5-2-3-6(8(9)11)4-7(5)10(12)13;/h2-4H,1H3,(H2,9,11);/q;+1/p-1. The van der Waals surface area contributed by atoms with Crippen LogP contribution in [0, 0.1) is 17.0 Å². The summed E-state index contributed by atoms with van der Waals surface area (Å²) >= 11 is 0. The molecular weight excluding hydrogens is 258 g/mol. The number of hydrogen-bond donors (Lipinski definition) is 0. The van der Waals surface area contributed by atoms with Crippen LogP contribution in [0.3, 0.4) is 0 Å². The average molecular weight is 265 g/mol. The number of nitrogens with one attached hydrogen (secondary N) is 1. The molecule has 1 amide bonds. The number of carbonyl (C=O) groups is 1. The first-order valence-electron chi connectivity index (χ1n) is 3.53. The van der Waals surface area contributed by atoms with Crippen LogP contribution in [-0.2, 0) is 0 Å². The second-order valence-electron chi connectivity index (χ2n) is 2.59. The predicted octanol–water partition coefficient (Wildman–Crippen LogP) is -0.900. The van der Waals surface area contributed by atoms with Crippen LogP contribution in [0.5, 0.6) is 0 Å². The van der Waals surface area contributed by atoms with Gasteiger partial charge in [-0.15, -0.1) is 0 Å². The summed E-state index contributed by atoms with van der Waals surface area (Å²) in [6.45, 7) is 1.58. The molecule has 0 atom stereocenters. The zero-order valence-electron chi connectivity index (χ0n) is 7.90. The van der Waals surface area contributed by atoms with E-state index in [0.717, 1.165) is 6.07 Å². The van der Waals surface area contributed by atoms with E-state index in [1.54, 1.807) is 6.92 Å². The molecule has 0 aliphatic carbocycles. The van der Waals surface area contributed by atoms with E-state index in [0.29, 0.717) is 5.56 Å². The average Bonchev–Trinajstić information content (AvgIpc) is 2.04. The van der Waals surface area contributed by atoms with Gasteiger partial charge in [0.15, 0.2) is 0 Å². The number of nitro groups is 1. The molecule has 1 rings (SSSR count). The van der Waals surface area contributed by atoms with E-state index in [1.165, 1.54) is 12.1 Å². The molecule has 1 aromatic carbocycles. The van der Waals surface area contributed by atoms with Gasteiger partial charge < -0.3 is 10.5 Å². The summed E-state index contributed by atoms with van der Waals surface area (Å²) in [5, 5.41) is 10.4. The van der Waals surface area contributed by atoms with Crippen molar-refractivity contribution in [3.63, 3.8) is 0 Å². The third-order valence-corrected chi connectivity index (χ3v) is 1.67. The van der Waals surface area contributed by atoms with Crippen LogP contribution in [0.25, 0.3) is 5.73 Å². The topological polar surface area (TPSA) is 84.0 Å². The molecular formula is C8H7N2O3Rb. The molecule has 5 nitrogen and oxygen atoms in total. The monoisotopic (exact) mass is 264 g/mol. The van der Waals surface area contributed by atoms with E-state index in [9.17, 15) is 14.9 Å². The quantitative estimate of drug-likeness (QED) is 0.513. The predicted molar refractivity (Wildman–Crippen MR) is 46.5 cm³/mol. The van der Waals surface area contributed by atoms with Gasteiger partial charge in [-0.05, 0) is 6.92 Å². The van der Waals surface area contributed by atoms with Gasteiger partial charge >= 0.3 is 58.2 Å². The van der Waals surface area contributed by atoms with Crippen molar-refractivity contribution in [3.05, 3.63) is 45.2 Å². The minimum Gasteiger partial charge on any atom is -0.664 e. The van der Waals surface area contributed by atoms with Gasteiger partial charge in [-0.25, -0.2) is 0 Å². The van der Waals surface area contributed by atoms with E-state index in [-0.39, 0.29) is 69.4 Å². The molecule has 0 aliphatic rings. The Morgan fingerprint density at radius 3 is 2.50 bits per heavy atom. The van der Waals surface area contributed by atoms with Crippen molar-refractivity contribution in [1.82, 2.24) is 0 Å². The van der Waals surface area contributed by atoms with E-state index in [2.05, 4.69) is 0 Å². The number of hydrogen-bond acceptors (Lipinski definition) is 3. The van der Waals surface area contributed by atoms with Crippen molar-refractivity contribution in [2.45, 2.75) is 6.92 Å². The van der Waals surface area contributed by atoms with Crippen molar-refractivity contribution >= 4 is 11.6 Å². The van der Waals surface area contributed by atoms with Crippen LogP contribution in [-0.4, -0.2) is 10.8 Å². The number of benzene rings is 1. The van der Waals surface area contributed by atoms with E-state index in [1.807, 2.05) is 0 Å². The van der Waals surface area contributed by atoms with Crippen molar-refractivity contribution in [3.8, 4) is 0 Å². The fourth-order valence-electron chi connectivity index (χ4n) is 0.947. The third kappa shape index (κ3) is 3.23. The zero-order valence-corrected chi connectivity index (χ0v) is 12.8. The molecule has 0 saturated carbocycles. The third-order valence-electron chi connectivity index (χ3n) is 1.67. The Balaban J connectivity index is 0.00000169. The summed E-state index contributed by atoms with van der Waals surface area (Å²) in [6, 6.07) is 3.97. The van der Waals surface area contributed by atoms with Crippen LogP contribution in [0.15, 0.2) is 18.2 Å². The molecule has 1 aromatic rings. The number of amides is 1. The van der Waals surface area contributed by atoms with Gasteiger partial charge in [0.05, 0.1) is 10.8 Å². The van der Waals surface area contributed by atoms with Crippen LogP contribution in [0.4, 0.5) is 5.69 Å². The Bertz CT molecular complexity index is 379. The van der Waals surface area contributed by atoms with Gasteiger partial charge in [-0.1, -0.05) is 12.1 Å². The van der Waals surface area contributed by atoms with Gasteiger partial charge in [0.2, 0.25) is 0 Å². The maximum absolute atomic E-state index is 10.6. The largest absolute Gasteiger partial charge is 1.00 e. The van der Waals surface area contributed by atoms with Gasteiger partial charge in [0.25, 0.3) is 5.69 Å². The maximum Gasteiger partial charge on any atom is 1.00 e. The van der Waals surface area contributed by atoms with Crippen LogP contribution < -0.4 is 58.2 Å². The van der Waals surface area contributed by atoms with E-state index >= 15 is 0 Å². The smallest absolute Gasteiger partial charge is 0.664 e. The molecule has 0 radical (unpaired) electrons. The second-order valence-corrected chi connectivity index (χ2v) is 2.59. The molecule has 0 spiro atoms. The molecule has 0 heterocycles. The van der Waals surface area contributed by atoms with Crippen LogP contribution in [0.2, 0.25) is 0 Å². The summed E-state index contributed by atoms with van der Waals surface area (Å²) in [5.74, 6) is -0.914. The molecule has 1 N–H and O–H groups in total. The number of aryl methyl sites for hydroxylation is 1. The molecule has 0 aliphatic heterocycles. The van der Waals surface area contributed by atoms with Crippen LogP contribution >= 0.6 is 0 Å². The van der Waals surface area contributed by atoms with Crippen molar-refractivity contribution < 1.29 is 67.9 Å². The molecule has 0 unspecified atom stereocenters. The summed E-state index contributed by atoms with van der Waals surface area (Å²) in [5.41, 5.74) is 7.16. The Labute approximate surface area is 130 Å². The summed E-state index contributed by atoms with van der Waals surface area (Å²) in [6.07, 6.45) is 0. The molecule has 0 fully saturated rings. The minimum atomic E-state index is -0.914. The molecule has 0 bridgehead atoms. The molecule has 68 valence electrons. The minimum absolute atomic E-state index is 0. The number of carbonyl (C=O) groups excluding carboxylic acids is 1. The Kier molecular flexibility index (Phi) is 5.66. The summed E-state index contributed by atoms with van der Waals surface area (Å²) in [4.78, 5) is 20.4. The Morgan fingerprint density at radius 1 is 1.50 bits per heavy atom. The first kappa shape index (κ1) is 13.9. The van der Waals surface area contributed by atoms with Gasteiger partial charge in [-0.3, -0.25) is 10.1 Å². The molecule has 0 aromatic heterocycles.